The first-order valence-electron chi connectivity index (χ1n) is 10.00. The average molecular weight is 406 g/mol. The van der Waals surface area contributed by atoms with Crippen LogP contribution in [0.3, 0.4) is 0 Å². The molecule has 0 heterocycles. The van der Waals surface area contributed by atoms with Gasteiger partial charge in [0.25, 0.3) is 0 Å². The van der Waals surface area contributed by atoms with E-state index in [-0.39, 0.29) is 24.5 Å². The zero-order chi connectivity index (χ0) is 21.5. The number of hydrogen-bond donors (Lipinski definition) is 3. The van der Waals surface area contributed by atoms with Gasteiger partial charge in [-0.15, -0.1) is 0 Å². The van der Waals surface area contributed by atoms with Crippen molar-refractivity contribution >= 4 is 23.3 Å². The van der Waals surface area contributed by atoms with E-state index in [1.165, 1.54) is 0 Å². The van der Waals surface area contributed by atoms with Gasteiger partial charge >= 0.3 is 11.9 Å². The summed E-state index contributed by atoms with van der Waals surface area (Å²) in [5.41, 5.74) is 3.24. The molecule has 30 heavy (non-hydrogen) atoms. The molecule has 0 saturated heterocycles. The van der Waals surface area contributed by atoms with Crippen molar-refractivity contribution in [1.82, 2.24) is 0 Å². The standard InChI is InChI=1S/C24H26N2O4/c1-3-16(2)30-24(29)20-15-21(25-17-10-6-4-7-11-17)19(23(27)28)14-22(20)26-18-12-8-5-9-13-18/h4-13,16,25-26H,3,14-15H2,1-2H3,(H,27,28). The second kappa shape index (κ2) is 9.78. The highest BCUT2D eigenvalue weighted by atomic mass is 16.5. The first-order valence-corrected chi connectivity index (χ1v) is 10.00. The first-order chi connectivity index (χ1) is 14.5. The summed E-state index contributed by atoms with van der Waals surface area (Å²) in [6, 6.07) is 18.7. The number of esters is 1. The summed E-state index contributed by atoms with van der Waals surface area (Å²) in [7, 11) is 0. The molecule has 0 saturated carbocycles. The third-order valence-electron chi connectivity index (χ3n) is 4.96. The molecular weight excluding hydrogens is 380 g/mol. The molecule has 156 valence electrons. The number of ether oxygens (including phenoxy) is 1. The van der Waals surface area contributed by atoms with Gasteiger partial charge in [0.05, 0.1) is 17.3 Å². The molecule has 6 nitrogen and oxygen atoms in total. The number of nitrogens with one attached hydrogen (secondary N) is 2. The lowest BCUT2D eigenvalue weighted by molar-refractivity contribution is -0.144. The van der Waals surface area contributed by atoms with Crippen LogP contribution in [0, 0.1) is 0 Å². The van der Waals surface area contributed by atoms with Crippen molar-refractivity contribution < 1.29 is 19.4 Å². The van der Waals surface area contributed by atoms with Crippen LogP contribution >= 0.6 is 0 Å². The maximum absolute atomic E-state index is 12.9. The lowest BCUT2D eigenvalue weighted by atomic mass is 9.92. The fourth-order valence-electron chi connectivity index (χ4n) is 3.15. The lowest BCUT2D eigenvalue weighted by Crippen LogP contribution is -2.25. The summed E-state index contributed by atoms with van der Waals surface area (Å²) < 4.78 is 5.57. The van der Waals surface area contributed by atoms with Crippen LogP contribution in [0.4, 0.5) is 11.4 Å². The maximum Gasteiger partial charge on any atom is 0.336 e. The van der Waals surface area contributed by atoms with Crippen molar-refractivity contribution in [2.75, 3.05) is 10.6 Å². The number of rotatable bonds is 8. The van der Waals surface area contributed by atoms with E-state index < -0.39 is 11.9 Å². The number of carboxylic acid groups (broad SMARTS) is 1. The zero-order valence-electron chi connectivity index (χ0n) is 17.1. The fraction of sp³-hybridized carbons (Fsp3) is 0.250. The first kappa shape index (κ1) is 21.2. The Labute approximate surface area is 176 Å². The van der Waals surface area contributed by atoms with E-state index in [1.807, 2.05) is 74.5 Å². The molecule has 0 radical (unpaired) electrons. The summed E-state index contributed by atoms with van der Waals surface area (Å²) in [5, 5.41) is 16.2. The van der Waals surface area contributed by atoms with Crippen molar-refractivity contribution in [2.45, 2.75) is 39.2 Å². The molecule has 3 N–H and O–H groups in total. The van der Waals surface area contributed by atoms with E-state index in [4.69, 9.17) is 4.74 Å². The number of aliphatic carboxylic acids is 1. The van der Waals surface area contributed by atoms with Gasteiger partial charge in [0.1, 0.15) is 0 Å². The minimum atomic E-state index is -1.02. The number of allylic oxidation sites excluding steroid dienone is 2. The quantitative estimate of drug-likeness (QED) is 0.538. The lowest BCUT2D eigenvalue weighted by Gasteiger charge is -2.26. The predicted molar refractivity (Wildman–Crippen MR) is 117 cm³/mol. The molecule has 0 spiro atoms. The van der Waals surface area contributed by atoms with E-state index in [0.717, 1.165) is 11.4 Å². The molecule has 2 aromatic carbocycles. The van der Waals surface area contributed by atoms with Crippen LogP contribution in [0.25, 0.3) is 0 Å². The molecule has 1 unspecified atom stereocenters. The molecule has 0 bridgehead atoms. The number of anilines is 2. The second-order valence-electron chi connectivity index (χ2n) is 7.18. The van der Waals surface area contributed by atoms with Crippen LogP contribution < -0.4 is 10.6 Å². The SMILES string of the molecule is CCC(C)OC(=O)C1=C(Nc2ccccc2)CC(C(=O)O)=C(Nc2ccccc2)C1. The molecule has 3 rings (SSSR count). The molecule has 2 aromatic rings. The molecule has 1 aliphatic rings. The molecular formula is C24H26N2O4. The Hall–Kier alpha value is -3.54. The number of carbonyl (C=O) groups excluding carboxylic acids is 1. The number of para-hydroxylation sites is 2. The average Bonchev–Trinajstić information content (AvgIpc) is 2.75. The van der Waals surface area contributed by atoms with Crippen molar-refractivity contribution in [1.29, 1.82) is 0 Å². The third kappa shape index (κ3) is 5.29. The molecule has 0 aromatic heterocycles. The third-order valence-corrected chi connectivity index (χ3v) is 4.96. The Morgan fingerprint density at radius 1 is 0.900 bits per heavy atom. The van der Waals surface area contributed by atoms with Gasteiger partial charge in [-0.2, -0.15) is 0 Å². The van der Waals surface area contributed by atoms with E-state index in [2.05, 4.69) is 10.6 Å². The van der Waals surface area contributed by atoms with Gasteiger partial charge in [-0.25, -0.2) is 9.59 Å². The molecule has 6 heteroatoms. The highest BCUT2D eigenvalue weighted by Gasteiger charge is 2.30. The van der Waals surface area contributed by atoms with Crippen LogP contribution in [-0.4, -0.2) is 23.1 Å². The fourth-order valence-corrected chi connectivity index (χ4v) is 3.15. The Morgan fingerprint density at radius 3 is 1.83 bits per heavy atom. The molecule has 0 fully saturated rings. The summed E-state index contributed by atoms with van der Waals surface area (Å²) in [5.74, 6) is -1.45. The molecule has 0 amide bonds. The van der Waals surface area contributed by atoms with Crippen molar-refractivity contribution in [3.05, 3.63) is 83.2 Å². The maximum atomic E-state index is 12.9. The Balaban J connectivity index is 1.95. The van der Waals surface area contributed by atoms with E-state index in [1.54, 1.807) is 0 Å². The van der Waals surface area contributed by atoms with E-state index >= 15 is 0 Å². The van der Waals surface area contributed by atoms with Gasteiger partial charge in [0, 0.05) is 35.6 Å². The number of benzene rings is 2. The molecule has 1 aliphatic carbocycles. The monoisotopic (exact) mass is 406 g/mol. The number of carboxylic acids is 1. The van der Waals surface area contributed by atoms with Crippen molar-refractivity contribution in [3.63, 3.8) is 0 Å². The topological polar surface area (TPSA) is 87.7 Å². The normalized spacial score (nSPS) is 14.9. The van der Waals surface area contributed by atoms with Crippen molar-refractivity contribution in [3.8, 4) is 0 Å². The van der Waals surface area contributed by atoms with Crippen LogP contribution in [0.2, 0.25) is 0 Å². The second-order valence-corrected chi connectivity index (χ2v) is 7.18. The smallest absolute Gasteiger partial charge is 0.336 e. The summed E-state index contributed by atoms with van der Waals surface area (Å²) >= 11 is 0. The highest BCUT2D eigenvalue weighted by molar-refractivity contribution is 5.96. The van der Waals surface area contributed by atoms with Crippen LogP contribution in [0.5, 0.6) is 0 Å². The van der Waals surface area contributed by atoms with Crippen LogP contribution in [0.1, 0.15) is 33.1 Å². The summed E-state index contributed by atoms with van der Waals surface area (Å²) in [4.78, 5) is 24.9. The summed E-state index contributed by atoms with van der Waals surface area (Å²) in [6.45, 7) is 3.79. The van der Waals surface area contributed by atoms with Gasteiger partial charge in [-0.1, -0.05) is 43.3 Å². The van der Waals surface area contributed by atoms with Crippen molar-refractivity contribution in [2.24, 2.45) is 0 Å². The van der Waals surface area contributed by atoms with Crippen LogP contribution in [0.15, 0.2) is 83.2 Å². The Kier molecular flexibility index (Phi) is 6.91. The minimum absolute atomic E-state index is 0.0876. The number of carbonyl (C=O) groups is 2. The molecule has 0 aliphatic heterocycles. The Bertz CT molecular complexity index is 965. The Morgan fingerprint density at radius 2 is 1.37 bits per heavy atom. The summed E-state index contributed by atoms with van der Waals surface area (Å²) in [6.07, 6.45) is 0.704. The van der Waals surface area contributed by atoms with Gasteiger partial charge in [-0.05, 0) is 37.6 Å². The number of hydrogen-bond acceptors (Lipinski definition) is 5. The zero-order valence-corrected chi connectivity index (χ0v) is 17.1. The highest BCUT2D eigenvalue weighted by Crippen LogP contribution is 2.33. The van der Waals surface area contributed by atoms with Gasteiger partial charge in [0.2, 0.25) is 0 Å². The van der Waals surface area contributed by atoms with Gasteiger partial charge in [-0.3, -0.25) is 0 Å². The largest absolute Gasteiger partial charge is 0.478 e. The van der Waals surface area contributed by atoms with E-state index in [9.17, 15) is 14.7 Å². The predicted octanol–water partition coefficient (Wildman–Crippen LogP) is 4.94. The van der Waals surface area contributed by atoms with Crippen LogP contribution in [-0.2, 0) is 14.3 Å². The minimum Gasteiger partial charge on any atom is -0.478 e. The van der Waals surface area contributed by atoms with Gasteiger partial charge in [0.15, 0.2) is 0 Å². The molecule has 1 atom stereocenters. The van der Waals surface area contributed by atoms with E-state index in [0.29, 0.717) is 23.4 Å². The van der Waals surface area contributed by atoms with Gasteiger partial charge < -0.3 is 20.5 Å².